The number of hydrogen-bond acceptors (Lipinski definition) is 9. The fraction of sp³-hybridized carbons (Fsp3) is 0.550. The lowest BCUT2D eigenvalue weighted by atomic mass is 10.1. The summed E-state index contributed by atoms with van der Waals surface area (Å²) in [6.07, 6.45) is 2.99. The van der Waals surface area contributed by atoms with Crippen LogP contribution in [0.2, 0.25) is 0 Å². The Morgan fingerprint density at radius 1 is 0.944 bits per heavy atom. The number of carbonyl (C=O) groups excluding carboxylic acids is 3. The van der Waals surface area contributed by atoms with Crippen LogP contribution in [0, 0.1) is 0 Å². The van der Waals surface area contributed by atoms with Gasteiger partial charge in [-0.1, -0.05) is 0 Å². The van der Waals surface area contributed by atoms with Crippen molar-refractivity contribution >= 4 is 47.4 Å². The van der Waals surface area contributed by atoms with E-state index in [0.29, 0.717) is 11.4 Å². The van der Waals surface area contributed by atoms with E-state index < -0.39 is 72.6 Å². The van der Waals surface area contributed by atoms with Gasteiger partial charge in [0, 0.05) is 24.7 Å². The largest absolute Gasteiger partial charge is 0.481 e. The summed E-state index contributed by atoms with van der Waals surface area (Å²) in [6.45, 7) is 0. The van der Waals surface area contributed by atoms with Gasteiger partial charge in [0.1, 0.15) is 18.1 Å². The lowest BCUT2D eigenvalue weighted by molar-refractivity contribution is -0.143. The average Bonchev–Trinajstić information content (AvgIpc) is 3.31. The summed E-state index contributed by atoms with van der Waals surface area (Å²) >= 11 is 1.36. The Morgan fingerprint density at radius 2 is 1.56 bits per heavy atom. The van der Waals surface area contributed by atoms with Gasteiger partial charge >= 0.3 is 17.9 Å². The lowest BCUT2D eigenvalue weighted by Crippen LogP contribution is -2.57. The van der Waals surface area contributed by atoms with Gasteiger partial charge in [0.15, 0.2) is 0 Å². The number of carboxylic acid groups (broad SMARTS) is 3. The third-order valence-electron chi connectivity index (χ3n) is 4.85. The van der Waals surface area contributed by atoms with E-state index in [9.17, 15) is 33.9 Å². The second kappa shape index (κ2) is 15.4. The van der Waals surface area contributed by atoms with E-state index in [2.05, 4.69) is 25.9 Å². The number of thioether (sulfide) groups is 1. The first kappa shape index (κ1) is 30.4. The normalized spacial score (nSPS) is 14.1. The molecule has 4 atom stereocenters. The number of hydrogen-bond donors (Lipinski definition) is 8. The van der Waals surface area contributed by atoms with Crippen LogP contribution in [0.5, 0.6) is 0 Å². The van der Waals surface area contributed by atoms with Crippen molar-refractivity contribution in [3.05, 3.63) is 18.2 Å². The van der Waals surface area contributed by atoms with Crippen LogP contribution in [0.4, 0.5) is 0 Å². The summed E-state index contributed by atoms with van der Waals surface area (Å²) in [5.41, 5.74) is 6.07. The predicted molar refractivity (Wildman–Crippen MR) is 126 cm³/mol. The number of carboxylic acids is 3. The highest BCUT2D eigenvalue weighted by Crippen LogP contribution is 2.06. The van der Waals surface area contributed by atoms with E-state index in [1.165, 1.54) is 24.3 Å². The number of aromatic amines is 1. The van der Waals surface area contributed by atoms with Crippen molar-refractivity contribution in [1.82, 2.24) is 25.9 Å². The van der Waals surface area contributed by atoms with Crippen molar-refractivity contribution in [2.45, 2.75) is 56.3 Å². The zero-order valence-corrected chi connectivity index (χ0v) is 20.2. The molecule has 1 aromatic rings. The molecule has 0 saturated carbocycles. The van der Waals surface area contributed by atoms with Crippen molar-refractivity contribution in [2.24, 2.45) is 5.73 Å². The van der Waals surface area contributed by atoms with Gasteiger partial charge in [-0.25, -0.2) is 9.78 Å². The molecule has 0 aromatic carbocycles. The first-order chi connectivity index (χ1) is 16.9. The van der Waals surface area contributed by atoms with Gasteiger partial charge in [-0.2, -0.15) is 11.8 Å². The summed E-state index contributed by atoms with van der Waals surface area (Å²) in [5.74, 6) is -6.29. The smallest absolute Gasteiger partial charge is 0.326 e. The number of nitrogens with one attached hydrogen (secondary N) is 4. The average molecular weight is 531 g/mol. The molecule has 9 N–H and O–H groups in total. The number of aliphatic carboxylic acids is 3. The Morgan fingerprint density at radius 3 is 2.08 bits per heavy atom. The number of aromatic nitrogens is 2. The summed E-state index contributed by atoms with van der Waals surface area (Å²) < 4.78 is 0. The molecule has 0 fully saturated rings. The van der Waals surface area contributed by atoms with Crippen LogP contribution < -0.4 is 21.7 Å². The van der Waals surface area contributed by atoms with Crippen LogP contribution in [0.15, 0.2) is 12.5 Å². The van der Waals surface area contributed by atoms with Crippen LogP contribution in [0.1, 0.15) is 31.4 Å². The number of rotatable bonds is 17. The standard InChI is InChI=1S/C20H30N6O9S/c1-36-5-4-12(18(32)26-14(20(34)35)6-10-8-22-9-23-10)24-19(33)13(7-16(29)30)25-17(31)11(21)2-3-15(27)28/h8-9,11-14H,2-7,21H2,1H3,(H,22,23)(H,24,33)(H,25,31)(H,26,32)(H,27,28)(H,29,30)(H,34,35). The van der Waals surface area contributed by atoms with Gasteiger partial charge in [-0.05, 0) is 24.9 Å². The van der Waals surface area contributed by atoms with Crippen molar-refractivity contribution in [2.75, 3.05) is 12.0 Å². The predicted octanol–water partition coefficient (Wildman–Crippen LogP) is -2.09. The molecule has 15 nitrogen and oxygen atoms in total. The number of carbonyl (C=O) groups is 6. The van der Waals surface area contributed by atoms with Crippen LogP contribution in [-0.2, 0) is 35.2 Å². The van der Waals surface area contributed by atoms with Crippen LogP contribution >= 0.6 is 11.8 Å². The van der Waals surface area contributed by atoms with Crippen LogP contribution in [0.25, 0.3) is 0 Å². The molecule has 1 rings (SSSR count). The molecular formula is C20H30N6O9S. The van der Waals surface area contributed by atoms with Crippen LogP contribution in [-0.4, -0.2) is 97.1 Å². The molecule has 200 valence electrons. The van der Waals surface area contributed by atoms with Crippen molar-refractivity contribution in [3.63, 3.8) is 0 Å². The van der Waals surface area contributed by atoms with Gasteiger partial charge in [-0.3, -0.25) is 24.0 Å². The molecule has 0 bridgehead atoms. The van der Waals surface area contributed by atoms with Crippen molar-refractivity contribution in [3.8, 4) is 0 Å². The van der Waals surface area contributed by atoms with E-state index in [-0.39, 0.29) is 19.3 Å². The molecule has 0 aliphatic rings. The molecule has 0 spiro atoms. The SMILES string of the molecule is CSCCC(NC(=O)C(CC(=O)O)NC(=O)C(N)CCC(=O)O)C(=O)NC(Cc1cnc[nH]1)C(=O)O. The highest BCUT2D eigenvalue weighted by atomic mass is 32.2. The monoisotopic (exact) mass is 530 g/mol. The molecule has 16 heteroatoms. The topological polar surface area (TPSA) is 254 Å². The minimum absolute atomic E-state index is 0.0843. The highest BCUT2D eigenvalue weighted by Gasteiger charge is 2.31. The molecule has 0 saturated heterocycles. The van der Waals surface area contributed by atoms with Crippen LogP contribution in [0.3, 0.4) is 0 Å². The Balaban J connectivity index is 2.94. The minimum atomic E-state index is -1.62. The van der Waals surface area contributed by atoms with Gasteiger partial charge in [-0.15, -0.1) is 0 Å². The Kier molecular flexibility index (Phi) is 13.0. The van der Waals surface area contributed by atoms with E-state index in [1.807, 2.05) is 0 Å². The Hall–Kier alpha value is -3.66. The molecule has 4 unspecified atom stereocenters. The first-order valence-electron chi connectivity index (χ1n) is 10.7. The summed E-state index contributed by atoms with van der Waals surface area (Å²) in [5, 5.41) is 34.2. The lowest BCUT2D eigenvalue weighted by Gasteiger charge is -2.24. The molecule has 0 radical (unpaired) electrons. The van der Waals surface area contributed by atoms with Gasteiger partial charge in [0.25, 0.3) is 0 Å². The van der Waals surface area contributed by atoms with Crippen molar-refractivity contribution < 1.29 is 44.1 Å². The second-order valence-corrected chi connectivity index (χ2v) is 8.71. The Labute approximate surface area is 210 Å². The molecule has 0 aliphatic carbocycles. The maximum atomic E-state index is 12.8. The van der Waals surface area contributed by atoms with E-state index >= 15 is 0 Å². The van der Waals surface area contributed by atoms with Gasteiger partial charge in [0.05, 0.1) is 18.8 Å². The number of imidazole rings is 1. The summed E-state index contributed by atoms with van der Waals surface area (Å²) in [4.78, 5) is 78.0. The second-order valence-electron chi connectivity index (χ2n) is 7.72. The fourth-order valence-electron chi connectivity index (χ4n) is 2.94. The van der Waals surface area contributed by atoms with Gasteiger partial charge in [0.2, 0.25) is 17.7 Å². The third kappa shape index (κ3) is 11.2. The highest BCUT2D eigenvalue weighted by molar-refractivity contribution is 7.98. The molecule has 1 heterocycles. The minimum Gasteiger partial charge on any atom is -0.481 e. The van der Waals surface area contributed by atoms with E-state index in [0.717, 1.165) is 0 Å². The molecule has 36 heavy (non-hydrogen) atoms. The molecule has 0 aliphatic heterocycles. The van der Waals surface area contributed by atoms with E-state index in [4.69, 9.17) is 15.9 Å². The molecule has 3 amide bonds. The zero-order chi connectivity index (χ0) is 27.3. The third-order valence-corrected chi connectivity index (χ3v) is 5.50. The zero-order valence-electron chi connectivity index (χ0n) is 19.4. The first-order valence-corrected chi connectivity index (χ1v) is 12.1. The summed E-state index contributed by atoms with van der Waals surface area (Å²) in [7, 11) is 0. The molecule has 1 aromatic heterocycles. The Bertz CT molecular complexity index is 927. The maximum Gasteiger partial charge on any atom is 0.326 e. The van der Waals surface area contributed by atoms with Gasteiger partial charge < -0.3 is 42.0 Å². The number of amides is 3. The summed E-state index contributed by atoms with van der Waals surface area (Å²) in [6, 6.07) is -5.49. The van der Waals surface area contributed by atoms with E-state index in [1.54, 1.807) is 6.26 Å². The molecular weight excluding hydrogens is 500 g/mol. The quantitative estimate of drug-likeness (QED) is 0.108. The van der Waals surface area contributed by atoms with Crippen molar-refractivity contribution in [1.29, 1.82) is 0 Å². The fourth-order valence-corrected chi connectivity index (χ4v) is 3.41. The maximum absolute atomic E-state index is 12.8. The number of H-pyrrole nitrogens is 1. The number of nitrogens with two attached hydrogens (primary N) is 1. The number of nitrogens with zero attached hydrogens (tertiary/aromatic N) is 1.